The van der Waals surface area contributed by atoms with Crippen molar-refractivity contribution in [1.82, 2.24) is 4.90 Å². The summed E-state index contributed by atoms with van der Waals surface area (Å²) in [5.74, 6) is -0.450. The molecule has 0 unspecified atom stereocenters. The first-order chi connectivity index (χ1) is 18.3. The van der Waals surface area contributed by atoms with E-state index >= 15 is 0 Å². The molecule has 3 atom stereocenters. The van der Waals surface area contributed by atoms with Gasteiger partial charge in [-0.15, -0.1) is 0 Å². The fourth-order valence-electron chi connectivity index (χ4n) is 5.69. The lowest BCUT2D eigenvalue weighted by molar-refractivity contribution is -0.534. The monoisotopic (exact) mass is 532 g/mol. The molecule has 1 N–H and O–H groups in total. The topological polar surface area (TPSA) is 118 Å². The van der Waals surface area contributed by atoms with Crippen LogP contribution in [0, 0.1) is 21.4 Å². The number of halogens is 1. The van der Waals surface area contributed by atoms with E-state index in [-0.39, 0.29) is 28.8 Å². The van der Waals surface area contributed by atoms with E-state index in [0.29, 0.717) is 40.3 Å². The highest BCUT2D eigenvalue weighted by Gasteiger charge is 2.68. The molecule has 1 amide bonds. The van der Waals surface area contributed by atoms with Gasteiger partial charge in [-0.1, -0.05) is 48.0 Å². The Morgan fingerprint density at radius 2 is 1.95 bits per heavy atom. The average Bonchev–Trinajstić information content (AvgIpc) is 3.38. The van der Waals surface area contributed by atoms with Crippen LogP contribution in [0.2, 0.25) is 5.02 Å². The van der Waals surface area contributed by atoms with E-state index in [4.69, 9.17) is 21.1 Å². The summed E-state index contributed by atoms with van der Waals surface area (Å²) in [6.45, 7) is 2.47. The summed E-state index contributed by atoms with van der Waals surface area (Å²) in [5.41, 5.74) is 1.46. The third kappa shape index (κ3) is 3.93. The Bertz CT molecular complexity index is 1470. The molecule has 0 saturated carbocycles. The van der Waals surface area contributed by atoms with E-state index in [9.17, 15) is 20.2 Å². The van der Waals surface area contributed by atoms with Crippen molar-refractivity contribution in [2.24, 2.45) is 0 Å². The predicted octanol–water partition coefficient (Wildman–Crippen LogP) is 4.71. The molecule has 3 aromatic carbocycles. The van der Waals surface area contributed by atoms with Crippen molar-refractivity contribution >= 4 is 23.2 Å². The van der Waals surface area contributed by atoms with Crippen LogP contribution in [0.15, 0.2) is 60.7 Å². The van der Waals surface area contributed by atoms with Crippen molar-refractivity contribution in [1.29, 1.82) is 5.26 Å². The van der Waals surface area contributed by atoms with Gasteiger partial charge >= 0.3 is 0 Å². The smallest absolute Gasteiger partial charge is 0.256 e. The summed E-state index contributed by atoms with van der Waals surface area (Å²) in [7, 11) is 1.73. The molecule has 1 spiro atoms. The number of nitro groups is 1. The summed E-state index contributed by atoms with van der Waals surface area (Å²) < 4.78 is 11.8. The standard InChI is InChI=1S/C28H25ClN4O5/c1-3-37-24-13-19(12-22(29)25(24)38-16-18-9-5-4-8-17(18)14-30)20-15-32(2)28(26(20)33(35)36)21-10-6-7-11-23(21)31-27(28)34/h4-13,20,26H,3,15-16H2,1-2H3,(H,31,34)/t20-,26-,28+/m0/s1. The van der Waals surface area contributed by atoms with Gasteiger partial charge in [0.25, 0.3) is 11.9 Å². The van der Waals surface area contributed by atoms with Gasteiger partial charge in [-0.2, -0.15) is 5.26 Å². The van der Waals surface area contributed by atoms with E-state index in [1.807, 2.05) is 13.0 Å². The zero-order valence-corrected chi connectivity index (χ0v) is 21.6. The van der Waals surface area contributed by atoms with E-state index in [1.54, 1.807) is 66.5 Å². The number of nitrogens with zero attached hydrogens (tertiary/aromatic N) is 3. The first-order valence-corrected chi connectivity index (χ1v) is 12.5. The van der Waals surface area contributed by atoms with Crippen LogP contribution in [0.4, 0.5) is 5.69 Å². The highest BCUT2D eigenvalue weighted by atomic mass is 35.5. The predicted molar refractivity (Wildman–Crippen MR) is 141 cm³/mol. The van der Waals surface area contributed by atoms with Gasteiger partial charge in [0.2, 0.25) is 0 Å². The number of benzene rings is 3. The van der Waals surface area contributed by atoms with Crippen LogP contribution in [0.1, 0.15) is 35.1 Å². The highest BCUT2D eigenvalue weighted by molar-refractivity contribution is 6.32. The molecular weight excluding hydrogens is 508 g/mol. The molecule has 5 rings (SSSR count). The van der Waals surface area contributed by atoms with Gasteiger partial charge < -0.3 is 14.8 Å². The normalized spacial score (nSPS) is 22.1. The Kier molecular flexibility index (Phi) is 6.69. The number of likely N-dealkylation sites (N-methyl/N-ethyl adjacent to an activating group) is 1. The minimum atomic E-state index is -1.46. The number of carbonyl (C=O) groups is 1. The number of hydrogen-bond donors (Lipinski definition) is 1. The second-order valence-corrected chi connectivity index (χ2v) is 9.71. The molecule has 9 nitrogen and oxygen atoms in total. The summed E-state index contributed by atoms with van der Waals surface area (Å²) in [6.07, 6.45) is 0. The maximum absolute atomic E-state index is 13.4. The van der Waals surface area contributed by atoms with E-state index < -0.39 is 23.4 Å². The van der Waals surface area contributed by atoms with Crippen molar-refractivity contribution in [3.8, 4) is 17.6 Å². The Hall–Kier alpha value is -4.13. The summed E-state index contributed by atoms with van der Waals surface area (Å²) in [5, 5.41) is 25.1. The number of likely N-dealkylation sites (tertiary alicyclic amines) is 1. The van der Waals surface area contributed by atoms with Crippen molar-refractivity contribution in [2.45, 2.75) is 31.0 Å². The Morgan fingerprint density at radius 3 is 2.68 bits per heavy atom. The molecule has 10 heteroatoms. The van der Waals surface area contributed by atoms with Gasteiger partial charge in [0.1, 0.15) is 6.61 Å². The largest absolute Gasteiger partial charge is 0.490 e. The van der Waals surface area contributed by atoms with E-state index in [1.165, 1.54) is 0 Å². The number of amides is 1. The third-order valence-corrected chi connectivity index (χ3v) is 7.59. The van der Waals surface area contributed by atoms with Crippen LogP contribution in [0.5, 0.6) is 11.5 Å². The molecule has 1 fully saturated rings. The fourth-order valence-corrected chi connectivity index (χ4v) is 5.96. The van der Waals surface area contributed by atoms with Gasteiger partial charge in [-0.3, -0.25) is 19.8 Å². The van der Waals surface area contributed by atoms with E-state index in [0.717, 1.165) is 0 Å². The van der Waals surface area contributed by atoms with Crippen LogP contribution in [0.3, 0.4) is 0 Å². The molecule has 2 aliphatic rings. The molecule has 38 heavy (non-hydrogen) atoms. The number of anilines is 1. The highest BCUT2D eigenvalue weighted by Crippen LogP contribution is 2.53. The van der Waals surface area contributed by atoms with Crippen molar-refractivity contribution in [3.63, 3.8) is 0 Å². The summed E-state index contributed by atoms with van der Waals surface area (Å²) in [4.78, 5) is 27.4. The van der Waals surface area contributed by atoms with Gasteiger partial charge in [0.05, 0.1) is 29.2 Å². The number of ether oxygens (including phenoxy) is 2. The Morgan fingerprint density at radius 1 is 1.21 bits per heavy atom. The van der Waals surface area contributed by atoms with Crippen molar-refractivity contribution < 1.29 is 19.2 Å². The number of nitrogens with one attached hydrogen (secondary N) is 1. The number of carbonyl (C=O) groups excluding carboxylic acids is 1. The summed E-state index contributed by atoms with van der Waals surface area (Å²) >= 11 is 6.68. The average molecular weight is 533 g/mol. The lowest BCUT2D eigenvalue weighted by Gasteiger charge is -2.30. The molecule has 1 saturated heterocycles. The molecule has 0 radical (unpaired) electrons. The Balaban J connectivity index is 1.54. The lowest BCUT2D eigenvalue weighted by Crippen LogP contribution is -2.54. The number of rotatable bonds is 7. The van der Waals surface area contributed by atoms with Gasteiger partial charge in [0, 0.05) is 28.3 Å². The number of nitriles is 1. The molecular formula is C28H25ClN4O5. The molecule has 2 heterocycles. The van der Waals surface area contributed by atoms with Crippen LogP contribution in [-0.2, 0) is 16.9 Å². The molecule has 2 aliphatic heterocycles. The first kappa shape index (κ1) is 25.5. The number of para-hydroxylation sites is 1. The quantitative estimate of drug-likeness (QED) is 0.346. The zero-order valence-electron chi connectivity index (χ0n) is 20.8. The van der Waals surface area contributed by atoms with Crippen LogP contribution < -0.4 is 14.8 Å². The number of hydrogen-bond acceptors (Lipinski definition) is 7. The first-order valence-electron chi connectivity index (χ1n) is 12.2. The summed E-state index contributed by atoms with van der Waals surface area (Å²) in [6, 6.07) is 18.4. The van der Waals surface area contributed by atoms with Crippen LogP contribution in [-0.4, -0.2) is 42.0 Å². The van der Waals surface area contributed by atoms with Crippen molar-refractivity contribution in [3.05, 3.63) is 98.1 Å². The second kappa shape index (κ2) is 9.97. The van der Waals surface area contributed by atoms with Crippen molar-refractivity contribution in [2.75, 3.05) is 25.5 Å². The maximum atomic E-state index is 13.4. The minimum absolute atomic E-state index is 0.0899. The molecule has 194 valence electrons. The minimum Gasteiger partial charge on any atom is -0.490 e. The van der Waals surface area contributed by atoms with Crippen LogP contribution in [0.25, 0.3) is 0 Å². The molecule has 0 bridgehead atoms. The van der Waals surface area contributed by atoms with Gasteiger partial charge in [-0.05, 0) is 43.8 Å². The fraction of sp³-hybridized carbons (Fsp3) is 0.286. The molecule has 3 aromatic rings. The zero-order chi connectivity index (χ0) is 27.0. The maximum Gasteiger partial charge on any atom is 0.256 e. The van der Waals surface area contributed by atoms with Gasteiger partial charge in [0.15, 0.2) is 17.0 Å². The van der Waals surface area contributed by atoms with E-state index in [2.05, 4.69) is 11.4 Å². The molecule has 0 aromatic heterocycles. The lowest BCUT2D eigenvalue weighted by atomic mass is 9.79. The van der Waals surface area contributed by atoms with Gasteiger partial charge in [-0.25, -0.2) is 0 Å². The molecule has 0 aliphatic carbocycles. The second-order valence-electron chi connectivity index (χ2n) is 9.30. The Labute approximate surface area is 224 Å². The SMILES string of the molecule is CCOc1cc([C@@H]2CN(C)[C@@]3(C(=O)Nc4ccccc43)[C@H]2[N+](=O)[O-])cc(Cl)c1OCc1ccccc1C#N. The van der Waals surface area contributed by atoms with Crippen LogP contribution >= 0.6 is 11.6 Å². The number of fused-ring (bicyclic) bond motifs is 2. The third-order valence-electron chi connectivity index (χ3n) is 7.31.